The minimum Gasteiger partial charge on any atom is -0.347 e. The quantitative estimate of drug-likeness (QED) is 0.408. The summed E-state index contributed by atoms with van der Waals surface area (Å²) >= 11 is 0. The first-order chi connectivity index (χ1) is 7.66. The van der Waals surface area contributed by atoms with Gasteiger partial charge < -0.3 is 4.57 Å². The number of benzene rings is 1. The van der Waals surface area contributed by atoms with Crippen molar-refractivity contribution in [2.75, 3.05) is 0 Å². The molecule has 80 valence electrons. The first-order valence-electron chi connectivity index (χ1n) is 4.80. The van der Waals surface area contributed by atoms with E-state index in [0.717, 1.165) is 16.6 Å². The van der Waals surface area contributed by atoms with E-state index in [4.69, 9.17) is 5.53 Å². The highest BCUT2D eigenvalue weighted by Gasteiger charge is 2.16. The molecule has 1 amide bonds. The van der Waals surface area contributed by atoms with Crippen LogP contribution < -0.4 is 0 Å². The number of hydrogen-bond acceptors (Lipinski definition) is 1. The van der Waals surface area contributed by atoms with Crippen LogP contribution in [0.4, 0.5) is 0 Å². The summed E-state index contributed by atoms with van der Waals surface area (Å²) in [7, 11) is 1.88. The van der Waals surface area contributed by atoms with E-state index in [1.165, 1.54) is 0 Å². The van der Waals surface area contributed by atoms with Gasteiger partial charge in [0.1, 0.15) is 0 Å². The Labute approximate surface area is 91.9 Å². The van der Waals surface area contributed by atoms with E-state index in [2.05, 4.69) is 10.0 Å². The monoisotopic (exact) mass is 214 g/mol. The third-order valence-corrected chi connectivity index (χ3v) is 2.75. The number of amides is 1. The highest BCUT2D eigenvalue weighted by atomic mass is 16.1. The average molecular weight is 214 g/mol. The highest BCUT2D eigenvalue weighted by Crippen LogP contribution is 2.25. The van der Waals surface area contributed by atoms with Crippen LogP contribution in [0, 0.1) is 6.92 Å². The van der Waals surface area contributed by atoms with E-state index < -0.39 is 5.91 Å². The van der Waals surface area contributed by atoms with Gasteiger partial charge in [-0.05, 0) is 23.6 Å². The molecule has 0 fully saturated rings. The molecule has 1 aromatic heterocycles. The molecule has 1 aromatic carbocycles. The molecule has 0 bridgehead atoms. The number of carbonyl (C=O) groups is 1. The fourth-order valence-electron chi connectivity index (χ4n) is 1.88. The van der Waals surface area contributed by atoms with Gasteiger partial charge in [0.15, 0.2) is 0 Å². The van der Waals surface area contributed by atoms with Crippen LogP contribution in [0.3, 0.4) is 0 Å². The molecule has 0 unspecified atom stereocenters. The van der Waals surface area contributed by atoms with Crippen LogP contribution in [-0.2, 0) is 7.05 Å². The standard InChI is InChI=1S/C11H10N4O/c1-7-10(11(16)13-14-12)8-5-3-4-6-9(8)15(7)2/h3-6H,1-2H3. The molecule has 0 atom stereocenters. The minimum absolute atomic E-state index is 0.482. The second kappa shape index (κ2) is 3.72. The minimum atomic E-state index is -0.531. The number of nitrogens with zero attached hydrogens (tertiary/aromatic N) is 4. The topological polar surface area (TPSA) is 70.8 Å². The van der Waals surface area contributed by atoms with Crippen molar-refractivity contribution in [2.24, 2.45) is 12.2 Å². The van der Waals surface area contributed by atoms with Crippen LogP contribution in [0.15, 0.2) is 29.4 Å². The Bertz CT molecular complexity index is 620. The number of aryl methyl sites for hydroxylation is 1. The number of rotatable bonds is 1. The van der Waals surface area contributed by atoms with Crippen LogP contribution in [0.1, 0.15) is 16.1 Å². The SMILES string of the molecule is Cc1c(C(=O)N=[N+]=[N-])c2ccccc2n1C. The maximum absolute atomic E-state index is 11.7. The van der Waals surface area contributed by atoms with Crippen LogP contribution in [0.25, 0.3) is 21.3 Å². The molecule has 2 rings (SSSR count). The lowest BCUT2D eigenvalue weighted by atomic mass is 10.1. The summed E-state index contributed by atoms with van der Waals surface area (Å²) in [5, 5.41) is 3.97. The second-order valence-electron chi connectivity index (χ2n) is 3.53. The number of aromatic nitrogens is 1. The van der Waals surface area contributed by atoms with E-state index in [-0.39, 0.29) is 0 Å². The molecule has 1 heterocycles. The molecule has 0 saturated carbocycles. The number of hydrogen-bond donors (Lipinski definition) is 0. The largest absolute Gasteiger partial charge is 0.347 e. The zero-order valence-corrected chi connectivity index (χ0v) is 9.01. The number of azide groups is 1. The van der Waals surface area contributed by atoms with Crippen LogP contribution in [0.5, 0.6) is 0 Å². The van der Waals surface area contributed by atoms with Crippen molar-refractivity contribution in [3.63, 3.8) is 0 Å². The van der Waals surface area contributed by atoms with E-state index in [1.54, 1.807) is 0 Å². The molecular weight excluding hydrogens is 204 g/mol. The smallest absolute Gasteiger partial charge is 0.251 e. The lowest BCUT2D eigenvalue weighted by Crippen LogP contribution is -1.97. The fourth-order valence-corrected chi connectivity index (χ4v) is 1.88. The summed E-state index contributed by atoms with van der Waals surface area (Å²) in [6.07, 6.45) is 0. The van der Waals surface area contributed by atoms with Gasteiger partial charge >= 0.3 is 0 Å². The first kappa shape index (κ1) is 10.3. The zero-order chi connectivity index (χ0) is 11.7. The van der Waals surface area contributed by atoms with Gasteiger partial charge in [-0.15, -0.1) is 0 Å². The summed E-state index contributed by atoms with van der Waals surface area (Å²) in [5.74, 6) is -0.531. The predicted octanol–water partition coefficient (Wildman–Crippen LogP) is 2.94. The Hall–Kier alpha value is -2.26. The van der Waals surface area contributed by atoms with E-state index in [9.17, 15) is 4.79 Å². The molecule has 0 aliphatic rings. The number of para-hydroxylation sites is 1. The summed E-state index contributed by atoms with van der Waals surface area (Å²) in [5.41, 5.74) is 10.5. The van der Waals surface area contributed by atoms with Gasteiger partial charge in [0.25, 0.3) is 5.91 Å². The lowest BCUT2D eigenvalue weighted by Gasteiger charge is -1.97. The van der Waals surface area contributed by atoms with Crippen molar-refractivity contribution in [2.45, 2.75) is 6.92 Å². The third kappa shape index (κ3) is 1.34. The van der Waals surface area contributed by atoms with Crippen molar-refractivity contribution in [1.82, 2.24) is 4.57 Å². The van der Waals surface area contributed by atoms with E-state index >= 15 is 0 Å². The van der Waals surface area contributed by atoms with Gasteiger partial charge in [-0.1, -0.05) is 18.2 Å². The third-order valence-electron chi connectivity index (χ3n) is 2.75. The van der Waals surface area contributed by atoms with Crippen LogP contribution in [-0.4, -0.2) is 10.5 Å². The van der Waals surface area contributed by atoms with Gasteiger partial charge in [-0.25, -0.2) is 0 Å². The fraction of sp³-hybridized carbons (Fsp3) is 0.182. The van der Waals surface area contributed by atoms with Gasteiger partial charge in [-0.2, -0.15) is 0 Å². The summed E-state index contributed by atoms with van der Waals surface area (Å²) in [4.78, 5) is 14.2. The number of fused-ring (bicyclic) bond motifs is 1. The maximum atomic E-state index is 11.7. The molecule has 5 nitrogen and oxygen atoms in total. The molecule has 0 aliphatic heterocycles. The predicted molar refractivity (Wildman–Crippen MR) is 61.1 cm³/mol. The Morgan fingerprint density at radius 2 is 2.12 bits per heavy atom. The van der Waals surface area contributed by atoms with Gasteiger partial charge in [-0.3, -0.25) is 4.79 Å². The molecular formula is C11H10N4O. The van der Waals surface area contributed by atoms with Crippen molar-refractivity contribution >= 4 is 16.8 Å². The molecule has 0 saturated heterocycles. The molecule has 0 aliphatic carbocycles. The van der Waals surface area contributed by atoms with E-state index in [1.807, 2.05) is 42.8 Å². The van der Waals surface area contributed by atoms with Gasteiger partial charge in [0, 0.05) is 28.6 Å². The molecule has 5 heteroatoms. The van der Waals surface area contributed by atoms with Gasteiger partial charge in [0.2, 0.25) is 0 Å². The average Bonchev–Trinajstić information content (AvgIpc) is 2.53. The van der Waals surface area contributed by atoms with Crippen LogP contribution >= 0.6 is 0 Å². The summed E-state index contributed by atoms with van der Waals surface area (Å²) < 4.78 is 1.91. The lowest BCUT2D eigenvalue weighted by molar-refractivity contribution is 0.100. The molecule has 0 radical (unpaired) electrons. The Balaban J connectivity index is 2.83. The molecule has 0 N–H and O–H groups in total. The van der Waals surface area contributed by atoms with E-state index in [0.29, 0.717) is 5.56 Å². The normalized spacial score (nSPS) is 10.1. The zero-order valence-electron chi connectivity index (χ0n) is 9.01. The van der Waals surface area contributed by atoms with Crippen molar-refractivity contribution in [3.05, 3.63) is 46.0 Å². The Morgan fingerprint density at radius 1 is 1.44 bits per heavy atom. The van der Waals surface area contributed by atoms with Crippen molar-refractivity contribution in [3.8, 4) is 0 Å². The van der Waals surface area contributed by atoms with Crippen LogP contribution in [0.2, 0.25) is 0 Å². The molecule has 2 aromatic rings. The Kier molecular flexibility index (Phi) is 2.38. The maximum Gasteiger partial charge on any atom is 0.251 e. The molecule has 16 heavy (non-hydrogen) atoms. The van der Waals surface area contributed by atoms with Crippen molar-refractivity contribution < 1.29 is 4.79 Å². The highest BCUT2D eigenvalue weighted by molar-refractivity contribution is 6.08. The van der Waals surface area contributed by atoms with Crippen molar-refractivity contribution in [1.29, 1.82) is 0 Å². The molecule has 0 spiro atoms. The number of carbonyl (C=O) groups excluding carboxylic acids is 1. The summed E-state index contributed by atoms with van der Waals surface area (Å²) in [6.45, 7) is 1.83. The second-order valence-corrected chi connectivity index (χ2v) is 3.53. The Morgan fingerprint density at radius 3 is 2.81 bits per heavy atom. The summed E-state index contributed by atoms with van der Waals surface area (Å²) in [6, 6.07) is 7.54. The first-order valence-corrected chi connectivity index (χ1v) is 4.80. The van der Waals surface area contributed by atoms with Gasteiger partial charge in [0.05, 0.1) is 5.56 Å².